The van der Waals surface area contributed by atoms with Gasteiger partial charge in [-0.15, -0.1) is 0 Å². The molecule has 20 heavy (non-hydrogen) atoms. The molecule has 0 fully saturated rings. The highest BCUT2D eigenvalue weighted by atomic mass is 32.2. The summed E-state index contributed by atoms with van der Waals surface area (Å²) < 4.78 is 26.9. The number of nitrogens with one attached hydrogen (secondary N) is 2. The van der Waals surface area contributed by atoms with Gasteiger partial charge in [0.1, 0.15) is 4.90 Å². The van der Waals surface area contributed by atoms with Gasteiger partial charge in [-0.05, 0) is 19.1 Å². The summed E-state index contributed by atoms with van der Waals surface area (Å²) in [7, 11) is -2.02. The van der Waals surface area contributed by atoms with Gasteiger partial charge in [0.05, 0.1) is 24.1 Å². The SMILES string of the molecule is CNc1ncc(S(=O)(=O)NC(C)c2ccccn2)cn1. The van der Waals surface area contributed by atoms with Crippen molar-refractivity contribution in [3.63, 3.8) is 0 Å². The van der Waals surface area contributed by atoms with Gasteiger partial charge in [-0.2, -0.15) is 0 Å². The zero-order valence-corrected chi connectivity index (χ0v) is 11.9. The van der Waals surface area contributed by atoms with E-state index in [0.29, 0.717) is 11.6 Å². The molecule has 2 N–H and O–H groups in total. The van der Waals surface area contributed by atoms with Crippen molar-refractivity contribution in [2.24, 2.45) is 0 Å². The Bertz CT molecular complexity index is 658. The average molecular weight is 293 g/mol. The van der Waals surface area contributed by atoms with Crippen LogP contribution in [0.5, 0.6) is 0 Å². The lowest BCUT2D eigenvalue weighted by Crippen LogP contribution is -2.27. The van der Waals surface area contributed by atoms with Gasteiger partial charge in [-0.3, -0.25) is 4.98 Å². The number of nitrogens with zero attached hydrogens (tertiary/aromatic N) is 3. The van der Waals surface area contributed by atoms with Crippen molar-refractivity contribution in [1.29, 1.82) is 0 Å². The molecular weight excluding hydrogens is 278 g/mol. The quantitative estimate of drug-likeness (QED) is 0.852. The molecule has 2 aromatic heterocycles. The van der Waals surface area contributed by atoms with Crippen molar-refractivity contribution in [2.45, 2.75) is 17.9 Å². The highest BCUT2D eigenvalue weighted by molar-refractivity contribution is 7.89. The van der Waals surface area contributed by atoms with Crippen molar-refractivity contribution < 1.29 is 8.42 Å². The van der Waals surface area contributed by atoms with E-state index in [2.05, 4.69) is 25.0 Å². The molecule has 106 valence electrons. The van der Waals surface area contributed by atoms with Gasteiger partial charge < -0.3 is 5.32 Å². The predicted molar refractivity (Wildman–Crippen MR) is 74.6 cm³/mol. The first-order valence-electron chi connectivity index (χ1n) is 5.96. The lowest BCUT2D eigenvalue weighted by molar-refractivity contribution is 0.563. The Hall–Kier alpha value is -2.06. The van der Waals surface area contributed by atoms with Crippen LogP contribution in [0.3, 0.4) is 0 Å². The monoisotopic (exact) mass is 293 g/mol. The van der Waals surface area contributed by atoms with Crippen LogP contribution in [0, 0.1) is 0 Å². The van der Waals surface area contributed by atoms with E-state index in [-0.39, 0.29) is 4.90 Å². The molecule has 0 aliphatic carbocycles. The number of hydrogen-bond donors (Lipinski definition) is 2. The van der Waals surface area contributed by atoms with Crippen LogP contribution in [0.1, 0.15) is 18.7 Å². The first kappa shape index (κ1) is 14.4. The normalized spacial score (nSPS) is 12.9. The minimum absolute atomic E-state index is 0.0132. The van der Waals surface area contributed by atoms with Crippen molar-refractivity contribution in [3.8, 4) is 0 Å². The van der Waals surface area contributed by atoms with Crippen LogP contribution in [0.25, 0.3) is 0 Å². The van der Waals surface area contributed by atoms with E-state index in [1.807, 2.05) is 0 Å². The fourth-order valence-electron chi connectivity index (χ4n) is 1.58. The molecule has 2 rings (SSSR count). The van der Waals surface area contributed by atoms with Crippen LogP contribution in [0.4, 0.5) is 5.95 Å². The Morgan fingerprint density at radius 2 is 1.85 bits per heavy atom. The molecular formula is C12H15N5O2S. The fraction of sp³-hybridized carbons (Fsp3) is 0.250. The summed E-state index contributed by atoms with van der Waals surface area (Å²) in [5, 5.41) is 2.72. The summed E-state index contributed by atoms with van der Waals surface area (Å²) in [5.41, 5.74) is 0.642. The minimum atomic E-state index is -3.68. The number of rotatable bonds is 5. The predicted octanol–water partition coefficient (Wildman–Crippen LogP) is 0.953. The molecule has 0 radical (unpaired) electrons. The Balaban J connectivity index is 2.18. The van der Waals surface area contributed by atoms with Gasteiger partial charge in [0.15, 0.2) is 0 Å². The van der Waals surface area contributed by atoms with Gasteiger partial charge >= 0.3 is 0 Å². The third kappa shape index (κ3) is 3.28. The molecule has 1 atom stereocenters. The van der Waals surface area contributed by atoms with E-state index in [9.17, 15) is 8.42 Å². The molecule has 2 aromatic rings. The molecule has 2 heterocycles. The van der Waals surface area contributed by atoms with Crippen LogP contribution >= 0.6 is 0 Å². The van der Waals surface area contributed by atoms with Crippen LogP contribution in [0.2, 0.25) is 0 Å². The van der Waals surface area contributed by atoms with Gasteiger partial charge in [-0.1, -0.05) is 6.07 Å². The maximum absolute atomic E-state index is 12.2. The molecule has 0 saturated carbocycles. The molecule has 0 aliphatic heterocycles. The van der Waals surface area contributed by atoms with Crippen LogP contribution in [0.15, 0.2) is 41.7 Å². The average Bonchev–Trinajstić information content (AvgIpc) is 2.48. The zero-order valence-electron chi connectivity index (χ0n) is 11.1. The van der Waals surface area contributed by atoms with Gasteiger partial charge in [0.2, 0.25) is 16.0 Å². The first-order chi connectivity index (χ1) is 9.53. The number of anilines is 1. The number of sulfonamides is 1. The van der Waals surface area contributed by atoms with Gasteiger partial charge in [0.25, 0.3) is 0 Å². The van der Waals surface area contributed by atoms with Gasteiger partial charge in [0, 0.05) is 13.2 Å². The second-order valence-electron chi connectivity index (χ2n) is 4.09. The van der Waals surface area contributed by atoms with Crippen LogP contribution in [-0.2, 0) is 10.0 Å². The summed E-state index contributed by atoms with van der Waals surface area (Å²) in [4.78, 5) is 11.9. The second-order valence-corrected chi connectivity index (χ2v) is 5.80. The summed E-state index contributed by atoms with van der Waals surface area (Å²) >= 11 is 0. The molecule has 0 saturated heterocycles. The van der Waals surface area contributed by atoms with E-state index in [1.165, 1.54) is 12.4 Å². The first-order valence-corrected chi connectivity index (χ1v) is 7.44. The molecule has 1 unspecified atom stereocenters. The Morgan fingerprint density at radius 3 is 2.40 bits per heavy atom. The number of hydrogen-bond acceptors (Lipinski definition) is 6. The smallest absolute Gasteiger partial charge is 0.244 e. The third-order valence-corrected chi connectivity index (χ3v) is 4.12. The maximum Gasteiger partial charge on any atom is 0.244 e. The molecule has 0 aromatic carbocycles. The molecule has 0 bridgehead atoms. The topological polar surface area (TPSA) is 96.9 Å². The number of pyridine rings is 1. The second kappa shape index (κ2) is 5.93. The minimum Gasteiger partial charge on any atom is -0.357 e. The molecule has 0 aliphatic rings. The Labute approximate surface area is 117 Å². The van der Waals surface area contributed by atoms with Crippen LogP contribution < -0.4 is 10.0 Å². The van der Waals surface area contributed by atoms with E-state index in [4.69, 9.17) is 0 Å². The molecule has 0 amide bonds. The van der Waals surface area contributed by atoms with E-state index < -0.39 is 16.1 Å². The summed E-state index contributed by atoms with van der Waals surface area (Å²) in [6.07, 6.45) is 4.13. The maximum atomic E-state index is 12.2. The van der Waals surface area contributed by atoms with Crippen molar-refractivity contribution in [1.82, 2.24) is 19.7 Å². The van der Waals surface area contributed by atoms with Crippen molar-refractivity contribution in [2.75, 3.05) is 12.4 Å². The molecule has 7 nitrogen and oxygen atoms in total. The summed E-state index contributed by atoms with van der Waals surface area (Å²) in [6.45, 7) is 1.72. The largest absolute Gasteiger partial charge is 0.357 e. The van der Waals surface area contributed by atoms with Crippen molar-refractivity contribution in [3.05, 3.63) is 42.5 Å². The highest BCUT2D eigenvalue weighted by Gasteiger charge is 2.19. The summed E-state index contributed by atoms with van der Waals surface area (Å²) in [5.74, 6) is 0.363. The molecule has 0 spiro atoms. The van der Waals surface area contributed by atoms with Crippen molar-refractivity contribution >= 4 is 16.0 Å². The summed E-state index contributed by atoms with van der Waals surface area (Å²) in [6, 6.07) is 4.89. The third-order valence-electron chi connectivity index (χ3n) is 2.63. The van der Waals surface area contributed by atoms with Gasteiger partial charge in [-0.25, -0.2) is 23.1 Å². The number of aromatic nitrogens is 3. The lowest BCUT2D eigenvalue weighted by Gasteiger charge is -2.13. The van der Waals surface area contributed by atoms with Crippen LogP contribution in [-0.4, -0.2) is 30.4 Å². The Kier molecular flexibility index (Phi) is 4.26. The highest BCUT2D eigenvalue weighted by Crippen LogP contribution is 2.14. The molecule has 8 heteroatoms. The lowest BCUT2D eigenvalue weighted by atomic mass is 10.2. The van der Waals surface area contributed by atoms with E-state index >= 15 is 0 Å². The van der Waals surface area contributed by atoms with E-state index in [1.54, 1.807) is 38.4 Å². The zero-order chi connectivity index (χ0) is 14.6. The Morgan fingerprint density at radius 1 is 1.15 bits per heavy atom. The van der Waals surface area contributed by atoms with E-state index in [0.717, 1.165) is 0 Å². The standard InChI is InChI=1S/C12H15N5O2S/c1-9(11-5-3-4-6-14-11)17-20(18,19)10-7-15-12(13-2)16-8-10/h3-9,17H,1-2H3,(H,13,15,16). The fourth-order valence-corrected chi connectivity index (χ4v) is 2.68.